The van der Waals surface area contributed by atoms with Crippen LogP contribution in [0, 0.1) is 27.2 Å². The highest BCUT2D eigenvalue weighted by molar-refractivity contribution is 6.02. The number of rotatable bonds is 9. The van der Waals surface area contributed by atoms with Crippen LogP contribution in [0.4, 0.5) is 17.1 Å². The van der Waals surface area contributed by atoms with Gasteiger partial charge in [0.05, 0.1) is 15.5 Å². The molecule has 0 aliphatic heterocycles. The summed E-state index contributed by atoms with van der Waals surface area (Å²) in [4.78, 5) is 33.4. The van der Waals surface area contributed by atoms with E-state index in [1.54, 1.807) is 6.07 Å². The molecule has 10 nitrogen and oxygen atoms in total. The normalized spacial score (nSPS) is 10.6. The fourth-order valence-corrected chi connectivity index (χ4v) is 3.10. The van der Waals surface area contributed by atoms with Crippen LogP contribution in [-0.4, -0.2) is 15.8 Å². The van der Waals surface area contributed by atoms with Crippen molar-refractivity contribution in [2.75, 3.05) is 5.32 Å². The lowest BCUT2D eigenvalue weighted by atomic mass is 10.1. The van der Waals surface area contributed by atoms with Crippen molar-refractivity contribution in [3.8, 4) is 5.75 Å². The molecule has 2 aromatic carbocycles. The van der Waals surface area contributed by atoms with E-state index < -0.39 is 27.1 Å². The maximum Gasteiger partial charge on any atom is 0.291 e. The number of anilines is 1. The molecule has 0 atom stereocenters. The Morgan fingerprint density at radius 1 is 1.03 bits per heavy atom. The Kier molecular flexibility index (Phi) is 6.83. The second-order valence-electron chi connectivity index (χ2n) is 7.06. The van der Waals surface area contributed by atoms with Gasteiger partial charge in [0.2, 0.25) is 0 Å². The van der Waals surface area contributed by atoms with Gasteiger partial charge in [0.25, 0.3) is 17.3 Å². The van der Waals surface area contributed by atoms with Crippen LogP contribution in [0.25, 0.3) is 0 Å². The molecule has 0 fully saturated rings. The van der Waals surface area contributed by atoms with Crippen LogP contribution in [0.15, 0.2) is 52.9 Å². The molecule has 0 aliphatic rings. The molecule has 3 aromatic rings. The Labute approximate surface area is 183 Å². The molecule has 0 saturated heterocycles. The van der Waals surface area contributed by atoms with E-state index in [1.807, 2.05) is 24.3 Å². The highest BCUT2D eigenvalue weighted by Crippen LogP contribution is 2.32. The Balaban J connectivity index is 1.68. The SMILES string of the molecule is CCCc1ccc(OCc2ccc(C(=O)Nc3cc([N+](=O)[O-])c(C)c([N+](=O)[O-])c3)o2)cc1. The lowest BCUT2D eigenvalue weighted by molar-refractivity contribution is -0.395. The first kappa shape index (κ1) is 22.5. The third-order valence-electron chi connectivity index (χ3n) is 4.73. The van der Waals surface area contributed by atoms with Gasteiger partial charge in [-0.15, -0.1) is 0 Å². The van der Waals surface area contributed by atoms with Crippen molar-refractivity contribution >= 4 is 23.0 Å². The van der Waals surface area contributed by atoms with Crippen LogP contribution < -0.4 is 10.1 Å². The van der Waals surface area contributed by atoms with Gasteiger partial charge < -0.3 is 14.5 Å². The van der Waals surface area contributed by atoms with Crippen molar-refractivity contribution in [2.45, 2.75) is 33.3 Å². The first-order chi connectivity index (χ1) is 15.3. The molecule has 0 saturated carbocycles. The number of nitrogens with one attached hydrogen (secondary N) is 1. The topological polar surface area (TPSA) is 138 Å². The van der Waals surface area contributed by atoms with Gasteiger partial charge in [0.1, 0.15) is 23.7 Å². The van der Waals surface area contributed by atoms with Crippen molar-refractivity contribution in [3.63, 3.8) is 0 Å². The molecular weight excluding hydrogens is 418 g/mol. The molecule has 3 rings (SSSR count). The summed E-state index contributed by atoms with van der Waals surface area (Å²) in [5.41, 5.74) is 0.105. The Hall–Kier alpha value is -4.21. The van der Waals surface area contributed by atoms with E-state index >= 15 is 0 Å². The summed E-state index contributed by atoms with van der Waals surface area (Å²) < 4.78 is 11.1. The van der Waals surface area contributed by atoms with Crippen LogP contribution in [-0.2, 0) is 13.0 Å². The number of aryl methyl sites for hydroxylation is 1. The Morgan fingerprint density at radius 2 is 1.66 bits per heavy atom. The van der Waals surface area contributed by atoms with Crippen LogP contribution in [0.5, 0.6) is 5.75 Å². The number of carbonyl (C=O) groups is 1. The quantitative estimate of drug-likeness (QED) is 0.358. The van der Waals surface area contributed by atoms with E-state index in [-0.39, 0.29) is 23.6 Å². The number of nitro groups is 2. The number of carbonyl (C=O) groups excluding carboxylic acids is 1. The van der Waals surface area contributed by atoms with E-state index in [9.17, 15) is 25.0 Å². The average Bonchev–Trinajstić information content (AvgIpc) is 3.23. The molecule has 0 aliphatic carbocycles. The minimum atomic E-state index is -0.741. The lowest BCUT2D eigenvalue weighted by Gasteiger charge is -2.06. The van der Waals surface area contributed by atoms with Crippen molar-refractivity contribution in [1.29, 1.82) is 0 Å². The number of ether oxygens (including phenoxy) is 1. The maximum atomic E-state index is 12.5. The molecule has 1 N–H and O–H groups in total. The van der Waals surface area contributed by atoms with Crippen LogP contribution >= 0.6 is 0 Å². The standard InChI is InChI=1S/C22H21N3O7/c1-3-4-15-5-7-17(8-6-15)31-13-18-9-10-21(32-18)22(26)23-16-11-19(24(27)28)14(2)20(12-16)25(29)30/h5-12H,3-4,13H2,1-2H3,(H,23,26). The van der Waals surface area contributed by atoms with Gasteiger partial charge in [0, 0.05) is 12.1 Å². The number of amides is 1. The molecule has 0 radical (unpaired) electrons. The number of nitrogens with zero attached hydrogens (tertiary/aromatic N) is 2. The molecule has 0 bridgehead atoms. The number of furan rings is 1. The molecular formula is C22H21N3O7. The third kappa shape index (κ3) is 5.28. The van der Waals surface area contributed by atoms with E-state index in [2.05, 4.69) is 12.2 Å². The van der Waals surface area contributed by atoms with Crippen molar-refractivity contribution in [1.82, 2.24) is 0 Å². The Bertz CT molecular complexity index is 1120. The largest absolute Gasteiger partial charge is 0.486 e. The van der Waals surface area contributed by atoms with Gasteiger partial charge in [0.15, 0.2) is 5.76 Å². The van der Waals surface area contributed by atoms with E-state index in [1.165, 1.54) is 18.6 Å². The minimum Gasteiger partial charge on any atom is -0.486 e. The molecule has 1 amide bonds. The molecule has 0 unspecified atom stereocenters. The zero-order valence-electron chi connectivity index (χ0n) is 17.5. The summed E-state index contributed by atoms with van der Waals surface area (Å²) in [6.07, 6.45) is 2.05. The molecule has 10 heteroatoms. The highest BCUT2D eigenvalue weighted by atomic mass is 16.6. The number of benzene rings is 2. The van der Waals surface area contributed by atoms with Crippen LogP contribution in [0.1, 0.15) is 40.8 Å². The van der Waals surface area contributed by atoms with E-state index in [4.69, 9.17) is 9.15 Å². The molecule has 1 heterocycles. The third-order valence-corrected chi connectivity index (χ3v) is 4.73. The molecule has 166 valence electrons. The fourth-order valence-electron chi connectivity index (χ4n) is 3.10. The number of nitro benzene ring substituents is 2. The fraction of sp³-hybridized carbons (Fsp3) is 0.227. The minimum absolute atomic E-state index is 0.0622. The van der Waals surface area contributed by atoms with Crippen LogP contribution in [0.2, 0.25) is 0 Å². The summed E-state index contributed by atoms with van der Waals surface area (Å²) in [6.45, 7) is 3.48. The molecule has 32 heavy (non-hydrogen) atoms. The smallest absolute Gasteiger partial charge is 0.291 e. The first-order valence-electron chi connectivity index (χ1n) is 9.83. The second-order valence-corrected chi connectivity index (χ2v) is 7.06. The average molecular weight is 439 g/mol. The predicted molar refractivity (Wildman–Crippen MR) is 116 cm³/mol. The van der Waals surface area contributed by atoms with Gasteiger partial charge in [-0.05, 0) is 43.2 Å². The highest BCUT2D eigenvalue weighted by Gasteiger charge is 2.24. The zero-order chi connectivity index (χ0) is 23.3. The summed E-state index contributed by atoms with van der Waals surface area (Å²) in [5, 5.41) is 24.8. The number of hydrogen-bond acceptors (Lipinski definition) is 7. The Morgan fingerprint density at radius 3 is 2.22 bits per heavy atom. The van der Waals surface area contributed by atoms with Crippen molar-refractivity contribution < 1.29 is 23.8 Å². The molecule has 0 spiro atoms. The van der Waals surface area contributed by atoms with E-state index in [0.717, 1.165) is 25.0 Å². The van der Waals surface area contributed by atoms with Crippen LogP contribution in [0.3, 0.4) is 0 Å². The van der Waals surface area contributed by atoms with Gasteiger partial charge in [-0.25, -0.2) is 0 Å². The van der Waals surface area contributed by atoms with Gasteiger partial charge >= 0.3 is 0 Å². The van der Waals surface area contributed by atoms with Crippen molar-refractivity contribution in [3.05, 3.63) is 91.4 Å². The summed E-state index contributed by atoms with van der Waals surface area (Å²) in [6, 6.07) is 12.8. The summed E-state index contributed by atoms with van der Waals surface area (Å²) >= 11 is 0. The monoisotopic (exact) mass is 439 g/mol. The maximum absolute atomic E-state index is 12.5. The lowest BCUT2D eigenvalue weighted by Crippen LogP contribution is -2.12. The van der Waals surface area contributed by atoms with Gasteiger partial charge in [-0.1, -0.05) is 25.5 Å². The van der Waals surface area contributed by atoms with Gasteiger partial charge in [-0.2, -0.15) is 0 Å². The summed E-state index contributed by atoms with van der Waals surface area (Å²) in [7, 11) is 0. The van der Waals surface area contributed by atoms with Gasteiger partial charge in [-0.3, -0.25) is 25.0 Å². The van der Waals surface area contributed by atoms with Crippen molar-refractivity contribution in [2.24, 2.45) is 0 Å². The predicted octanol–water partition coefficient (Wildman–Crippen LogP) is 5.19. The summed E-state index contributed by atoms with van der Waals surface area (Å²) in [5.74, 6) is 0.292. The second kappa shape index (κ2) is 9.73. The van der Waals surface area contributed by atoms with E-state index in [0.29, 0.717) is 11.5 Å². The first-order valence-corrected chi connectivity index (χ1v) is 9.83. The molecule has 1 aromatic heterocycles. The zero-order valence-corrected chi connectivity index (χ0v) is 17.5. The number of hydrogen-bond donors (Lipinski definition) is 1.